The molecular weight excluding hydrogens is 527 g/mol. The number of aliphatic hydroxyl groups excluding tert-OH is 2. The number of halogens is 3. The summed E-state index contributed by atoms with van der Waals surface area (Å²) in [5.74, 6) is -0.401. The first-order chi connectivity index (χ1) is 15.7. The largest absolute Gasteiger partial charge is 0.459 e. The third kappa shape index (κ3) is 5.87. The van der Waals surface area contributed by atoms with Crippen LogP contribution in [0.25, 0.3) is 20.2 Å². The number of benzene rings is 2. The van der Waals surface area contributed by atoms with Crippen molar-refractivity contribution in [2.45, 2.75) is 33.2 Å². The van der Waals surface area contributed by atoms with Gasteiger partial charge in [-0.05, 0) is 60.8 Å². The predicted octanol–water partition coefficient (Wildman–Crippen LogP) is 7.04. The van der Waals surface area contributed by atoms with Gasteiger partial charge in [0, 0.05) is 20.2 Å². The summed E-state index contributed by atoms with van der Waals surface area (Å²) in [6.07, 6.45) is -0.174. The van der Waals surface area contributed by atoms with Crippen LogP contribution in [-0.2, 0) is 18.0 Å². The smallest absolute Gasteiger partial charge is 0.350 e. The van der Waals surface area contributed by atoms with Crippen LogP contribution in [0.3, 0.4) is 0 Å². The molecule has 2 N–H and O–H groups in total. The minimum absolute atomic E-state index is 0.0477. The maximum absolute atomic E-state index is 11.9. The Morgan fingerprint density at radius 1 is 0.879 bits per heavy atom. The predicted molar refractivity (Wildman–Crippen MR) is 136 cm³/mol. The molecule has 33 heavy (non-hydrogen) atoms. The number of carbonyl (C=O) groups is 2. The molecule has 0 amide bonds. The first-order valence-corrected chi connectivity index (χ1v) is 12.5. The van der Waals surface area contributed by atoms with Crippen LogP contribution >= 0.6 is 57.5 Å². The summed E-state index contributed by atoms with van der Waals surface area (Å²) in [5, 5.41) is 19.8. The van der Waals surface area contributed by atoms with E-state index in [1.165, 1.54) is 22.7 Å². The molecule has 10 heteroatoms. The number of hydrogen-bond donors (Lipinski definition) is 2. The van der Waals surface area contributed by atoms with Crippen molar-refractivity contribution in [2.75, 3.05) is 0 Å². The summed E-state index contributed by atoms with van der Waals surface area (Å²) < 4.78 is 6.94. The van der Waals surface area contributed by atoms with Crippen molar-refractivity contribution < 1.29 is 24.5 Å². The van der Waals surface area contributed by atoms with Gasteiger partial charge in [0.05, 0.1) is 29.4 Å². The van der Waals surface area contributed by atoms with Gasteiger partial charge in [-0.1, -0.05) is 35.3 Å². The van der Waals surface area contributed by atoms with E-state index in [1.807, 2.05) is 18.2 Å². The molecule has 0 aliphatic carbocycles. The quantitative estimate of drug-likeness (QED) is 0.208. The van der Waals surface area contributed by atoms with Crippen LogP contribution in [0.2, 0.25) is 10.0 Å². The van der Waals surface area contributed by atoms with Crippen molar-refractivity contribution in [1.82, 2.24) is 0 Å². The Morgan fingerprint density at radius 2 is 1.33 bits per heavy atom. The lowest BCUT2D eigenvalue weighted by Gasteiger charge is -2.05. The monoisotopic (exact) mass is 544 g/mol. The van der Waals surface area contributed by atoms with Gasteiger partial charge in [-0.3, -0.25) is 4.79 Å². The number of rotatable bonds is 5. The summed E-state index contributed by atoms with van der Waals surface area (Å²) >= 11 is 20.1. The van der Waals surface area contributed by atoms with Crippen LogP contribution in [0.5, 0.6) is 0 Å². The second-order valence-electron chi connectivity index (χ2n) is 7.20. The molecule has 0 bridgehead atoms. The first-order valence-electron chi connectivity index (χ1n) is 9.70. The maximum Gasteiger partial charge on any atom is 0.350 e. The Morgan fingerprint density at radius 3 is 1.76 bits per heavy atom. The molecule has 2 aromatic heterocycles. The lowest BCUT2D eigenvalue weighted by Crippen LogP contribution is -2.10. The Bertz CT molecular complexity index is 1330. The van der Waals surface area contributed by atoms with E-state index < -0.39 is 11.2 Å². The van der Waals surface area contributed by atoms with Gasteiger partial charge in [0.15, 0.2) is 0 Å². The van der Waals surface area contributed by atoms with E-state index in [2.05, 4.69) is 0 Å². The number of aliphatic hydroxyl groups is 2. The Hall–Kier alpha value is -1.71. The summed E-state index contributed by atoms with van der Waals surface area (Å²) in [5.41, 5.74) is 1.53. The van der Waals surface area contributed by atoms with Crippen LogP contribution in [-0.4, -0.2) is 27.5 Å². The van der Waals surface area contributed by atoms with Crippen molar-refractivity contribution in [3.8, 4) is 0 Å². The molecule has 0 unspecified atom stereocenters. The highest BCUT2D eigenvalue weighted by Gasteiger charge is 2.19. The van der Waals surface area contributed by atoms with Gasteiger partial charge in [0.1, 0.15) is 9.75 Å². The fourth-order valence-electron chi connectivity index (χ4n) is 2.95. The zero-order valence-corrected chi connectivity index (χ0v) is 21.4. The molecule has 0 aliphatic rings. The summed E-state index contributed by atoms with van der Waals surface area (Å²) in [4.78, 5) is 23.6. The highest BCUT2D eigenvalue weighted by Crippen LogP contribution is 2.37. The van der Waals surface area contributed by atoms with E-state index in [0.717, 1.165) is 31.3 Å². The topological polar surface area (TPSA) is 83.8 Å². The summed E-state index contributed by atoms with van der Waals surface area (Å²) in [7, 11) is 0. The number of fused-ring (bicyclic) bond motifs is 2. The van der Waals surface area contributed by atoms with Crippen LogP contribution in [0, 0.1) is 0 Å². The van der Waals surface area contributed by atoms with Crippen LogP contribution in [0.15, 0.2) is 36.4 Å². The highest BCUT2D eigenvalue weighted by molar-refractivity contribution is 7.23. The van der Waals surface area contributed by atoms with Gasteiger partial charge in [-0.2, -0.15) is 0 Å². The minimum atomic E-state index is -0.549. The normalized spacial score (nSPS) is 11.0. The van der Waals surface area contributed by atoms with Crippen LogP contribution in [0.4, 0.5) is 0 Å². The van der Waals surface area contributed by atoms with Crippen molar-refractivity contribution in [3.05, 3.63) is 67.3 Å². The molecule has 2 aromatic carbocycles. The zero-order valence-electron chi connectivity index (χ0n) is 17.5. The Balaban J connectivity index is 0.000000189. The van der Waals surface area contributed by atoms with Gasteiger partial charge < -0.3 is 14.9 Å². The van der Waals surface area contributed by atoms with E-state index in [4.69, 9.17) is 49.8 Å². The van der Waals surface area contributed by atoms with E-state index in [-0.39, 0.29) is 19.3 Å². The van der Waals surface area contributed by atoms with Crippen molar-refractivity contribution >= 4 is 88.9 Å². The third-order valence-electron chi connectivity index (χ3n) is 4.46. The molecule has 0 atom stereocenters. The van der Waals surface area contributed by atoms with E-state index >= 15 is 0 Å². The van der Waals surface area contributed by atoms with E-state index in [9.17, 15) is 9.59 Å². The third-order valence-corrected chi connectivity index (χ3v) is 8.09. The van der Waals surface area contributed by atoms with Gasteiger partial charge >= 0.3 is 5.97 Å². The Labute approximate surface area is 213 Å². The lowest BCUT2D eigenvalue weighted by atomic mass is 10.2. The van der Waals surface area contributed by atoms with Crippen molar-refractivity contribution in [1.29, 1.82) is 0 Å². The molecule has 5 nitrogen and oxygen atoms in total. The van der Waals surface area contributed by atoms with E-state index in [1.54, 1.807) is 32.0 Å². The molecule has 0 aliphatic heterocycles. The maximum atomic E-state index is 11.9. The number of ether oxygens (including phenoxy) is 1. The average molecular weight is 546 g/mol. The standard InChI is InChI=1S/C13H13ClO3S.C10H6Cl2O2S/c1-7(2)17-13(16)12-11(14)9-5-8(6-15)3-4-10(9)18-12;11-8-6-3-5(4-13)1-2-7(6)15-9(8)10(12)14/h3-5,7,15H,6H2,1-2H3;1-3,13H,4H2. The highest BCUT2D eigenvalue weighted by atomic mass is 35.5. The van der Waals surface area contributed by atoms with Crippen molar-refractivity contribution in [2.24, 2.45) is 0 Å². The summed E-state index contributed by atoms with van der Waals surface area (Å²) in [6.45, 7) is 3.49. The number of esters is 1. The molecule has 0 saturated heterocycles. The molecule has 0 spiro atoms. The molecule has 174 valence electrons. The summed E-state index contributed by atoms with van der Waals surface area (Å²) in [6, 6.07) is 10.8. The lowest BCUT2D eigenvalue weighted by molar-refractivity contribution is 0.0384. The molecule has 0 saturated carbocycles. The number of carbonyl (C=O) groups excluding carboxylic acids is 2. The van der Waals surface area contributed by atoms with Gasteiger partial charge in [-0.15, -0.1) is 22.7 Å². The Kier molecular flexibility index (Phi) is 8.75. The van der Waals surface area contributed by atoms with Gasteiger partial charge in [0.25, 0.3) is 5.24 Å². The molecule has 0 fully saturated rings. The fourth-order valence-corrected chi connectivity index (χ4v) is 5.89. The molecular formula is C23H19Cl3O5S2. The fraction of sp³-hybridized carbons (Fsp3) is 0.217. The second kappa shape index (κ2) is 11.1. The molecule has 4 aromatic rings. The zero-order chi connectivity index (χ0) is 24.3. The second-order valence-corrected chi connectivity index (χ2v) is 10.4. The molecule has 2 heterocycles. The van der Waals surface area contributed by atoms with E-state index in [0.29, 0.717) is 19.8 Å². The molecule has 0 radical (unpaired) electrons. The van der Waals surface area contributed by atoms with Gasteiger partial charge in [-0.25, -0.2) is 4.79 Å². The van der Waals surface area contributed by atoms with Crippen LogP contribution in [0.1, 0.15) is 44.3 Å². The molecule has 4 rings (SSSR count). The minimum Gasteiger partial charge on any atom is -0.459 e. The first kappa shape index (κ1) is 25.9. The van der Waals surface area contributed by atoms with Crippen LogP contribution < -0.4 is 0 Å². The number of hydrogen-bond acceptors (Lipinski definition) is 7. The average Bonchev–Trinajstić information content (AvgIpc) is 3.30. The number of thiophene rings is 2. The van der Waals surface area contributed by atoms with Crippen molar-refractivity contribution in [3.63, 3.8) is 0 Å². The SMILES string of the molecule is CC(C)OC(=O)c1sc2ccc(CO)cc2c1Cl.O=C(Cl)c1sc2ccc(CO)cc2c1Cl. The van der Waals surface area contributed by atoms with Gasteiger partial charge in [0.2, 0.25) is 0 Å².